The number of ether oxygens (including phenoxy) is 1. The summed E-state index contributed by atoms with van der Waals surface area (Å²) in [4.78, 5) is 25.4. The number of carbonyl (C=O) groups excluding carboxylic acids is 1. The Morgan fingerprint density at radius 2 is 2.18 bits per heavy atom. The van der Waals surface area contributed by atoms with Crippen molar-refractivity contribution < 1.29 is 13.9 Å². The predicted molar refractivity (Wildman–Crippen MR) is 130 cm³/mol. The summed E-state index contributed by atoms with van der Waals surface area (Å²) in [6.07, 6.45) is 1.70. The molecule has 33 heavy (non-hydrogen) atoms. The number of hydrogen-bond donors (Lipinski definition) is 3. The van der Waals surface area contributed by atoms with E-state index in [4.69, 9.17) is 21.2 Å². The smallest absolute Gasteiger partial charge is 0.263 e. The number of thiophene rings is 1. The molecule has 3 aromatic heterocycles. The van der Waals surface area contributed by atoms with Gasteiger partial charge < -0.3 is 26.4 Å². The summed E-state index contributed by atoms with van der Waals surface area (Å²) in [5.41, 5.74) is 14.2. The zero-order chi connectivity index (χ0) is 23.3. The van der Waals surface area contributed by atoms with Crippen molar-refractivity contribution in [2.24, 2.45) is 11.7 Å². The van der Waals surface area contributed by atoms with Crippen LogP contribution in [0.4, 0.5) is 15.9 Å². The van der Waals surface area contributed by atoms with Crippen LogP contribution in [0, 0.1) is 18.7 Å². The van der Waals surface area contributed by atoms with E-state index in [1.54, 1.807) is 7.11 Å². The van der Waals surface area contributed by atoms with Gasteiger partial charge in [0, 0.05) is 55.5 Å². The minimum atomic E-state index is -0.284. The molecule has 1 fully saturated rings. The molecule has 176 valence electrons. The summed E-state index contributed by atoms with van der Waals surface area (Å²) < 4.78 is 21.2. The number of pyridine rings is 1. The first-order chi connectivity index (χ1) is 15.8. The van der Waals surface area contributed by atoms with Crippen LogP contribution in [-0.2, 0) is 17.6 Å². The highest BCUT2D eigenvalue weighted by molar-refractivity contribution is 7.29. The number of anilines is 2. The minimum Gasteiger partial charge on any atom is -0.396 e. The monoisotopic (exact) mass is 490 g/mol. The van der Waals surface area contributed by atoms with Gasteiger partial charge in [-0.15, -0.1) is 22.7 Å². The van der Waals surface area contributed by atoms with Crippen molar-refractivity contribution in [1.82, 2.24) is 15.3 Å². The van der Waals surface area contributed by atoms with E-state index in [0.717, 1.165) is 20.2 Å². The average molecular weight is 491 g/mol. The molecule has 1 saturated heterocycles. The number of hydrogen-bond acceptors (Lipinski definition) is 9. The fourth-order valence-electron chi connectivity index (χ4n) is 4.74. The molecule has 8 nitrogen and oxygen atoms in total. The second-order valence-corrected chi connectivity index (χ2v) is 11.0. The number of thiazole rings is 1. The number of methoxy groups -OCH3 is 1. The highest BCUT2D eigenvalue weighted by atomic mass is 32.1. The van der Waals surface area contributed by atoms with Gasteiger partial charge in [-0.05, 0) is 26.2 Å². The summed E-state index contributed by atoms with van der Waals surface area (Å²) in [6.45, 7) is 3.83. The van der Waals surface area contributed by atoms with E-state index in [0.29, 0.717) is 60.9 Å². The van der Waals surface area contributed by atoms with Crippen molar-refractivity contribution in [3.63, 3.8) is 0 Å². The summed E-state index contributed by atoms with van der Waals surface area (Å²) in [7, 11) is 1.66. The lowest BCUT2D eigenvalue weighted by Crippen LogP contribution is -2.39. The first-order valence-corrected chi connectivity index (χ1v) is 12.6. The van der Waals surface area contributed by atoms with Crippen molar-refractivity contribution in [2.45, 2.75) is 38.3 Å². The maximum Gasteiger partial charge on any atom is 0.263 e. The third-order valence-corrected chi connectivity index (χ3v) is 8.68. The molecule has 0 spiro atoms. The Balaban J connectivity index is 1.29. The molecule has 5 N–H and O–H groups in total. The van der Waals surface area contributed by atoms with Gasteiger partial charge in [0.1, 0.15) is 21.3 Å². The normalized spacial score (nSPS) is 22.7. The number of nitrogen functional groups attached to an aromatic ring is 1. The van der Waals surface area contributed by atoms with Crippen molar-refractivity contribution >= 4 is 49.6 Å². The Hall–Kier alpha value is -2.34. The average Bonchev–Trinajstić information content (AvgIpc) is 3.42. The maximum atomic E-state index is 15.1. The van der Waals surface area contributed by atoms with E-state index < -0.39 is 0 Å². The van der Waals surface area contributed by atoms with Crippen LogP contribution < -0.4 is 21.7 Å². The van der Waals surface area contributed by atoms with Gasteiger partial charge in [0.05, 0.1) is 22.0 Å². The molecule has 5 rings (SSSR count). The standard InChI is InChI=1S/C22H27FN6O2S2/c1-10-26-22-20(32-10)18(25)19(33-22)21(30)27-12-3-4-16-13(5-12)14(23)6-17(28-16)29-7-11(9-31-2)15(24)8-29/h6,11-12,15H,3-5,7-9,24-25H2,1-2H3,(H,27,30). The molecular formula is C22H27FN6O2S2. The Labute approximate surface area is 199 Å². The second kappa shape index (κ2) is 8.79. The van der Waals surface area contributed by atoms with Crippen molar-refractivity contribution in [2.75, 3.05) is 37.4 Å². The topological polar surface area (TPSA) is 119 Å². The van der Waals surface area contributed by atoms with Gasteiger partial charge in [-0.25, -0.2) is 14.4 Å². The van der Waals surface area contributed by atoms with Crippen LogP contribution >= 0.6 is 22.7 Å². The van der Waals surface area contributed by atoms with Crippen LogP contribution in [0.25, 0.3) is 9.53 Å². The number of nitrogens with zero attached hydrogens (tertiary/aromatic N) is 3. The quantitative estimate of drug-likeness (QED) is 0.503. The summed E-state index contributed by atoms with van der Waals surface area (Å²) in [5.74, 6) is 0.314. The van der Waals surface area contributed by atoms with Crippen LogP contribution in [0.3, 0.4) is 0 Å². The molecule has 1 aliphatic carbocycles. The van der Waals surface area contributed by atoms with Gasteiger partial charge in [-0.3, -0.25) is 4.79 Å². The number of rotatable bonds is 5. The summed E-state index contributed by atoms with van der Waals surface area (Å²) in [6, 6.07) is 1.29. The van der Waals surface area contributed by atoms with Crippen molar-refractivity contribution in [3.05, 3.63) is 33.0 Å². The molecule has 3 aromatic rings. The van der Waals surface area contributed by atoms with Crippen LogP contribution in [0.15, 0.2) is 6.07 Å². The summed E-state index contributed by atoms with van der Waals surface area (Å²) >= 11 is 2.79. The third kappa shape index (κ3) is 4.18. The molecule has 4 heterocycles. The molecule has 0 bridgehead atoms. The molecule has 3 atom stereocenters. The highest BCUT2D eigenvalue weighted by Gasteiger charge is 2.33. The molecule has 1 aliphatic heterocycles. The number of nitrogens with one attached hydrogen (secondary N) is 1. The van der Waals surface area contributed by atoms with E-state index in [-0.39, 0.29) is 29.7 Å². The largest absolute Gasteiger partial charge is 0.396 e. The molecule has 0 aromatic carbocycles. The second-order valence-electron chi connectivity index (χ2n) is 8.80. The summed E-state index contributed by atoms with van der Waals surface area (Å²) in [5, 5.41) is 3.96. The Kier molecular flexibility index (Phi) is 5.98. The van der Waals surface area contributed by atoms with Gasteiger partial charge in [0.15, 0.2) is 0 Å². The predicted octanol–water partition coefficient (Wildman–Crippen LogP) is 2.48. The number of amides is 1. The van der Waals surface area contributed by atoms with E-state index in [9.17, 15) is 4.79 Å². The number of carbonyl (C=O) groups is 1. The lowest BCUT2D eigenvalue weighted by atomic mass is 9.91. The Morgan fingerprint density at radius 3 is 2.94 bits per heavy atom. The molecular weight excluding hydrogens is 463 g/mol. The number of halogens is 1. The first-order valence-electron chi connectivity index (χ1n) is 11.0. The van der Waals surface area contributed by atoms with E-state index in [2.05, 4.69) is 10.3 Å². The van der Waals surface area contributed by atoms with Crippen LogP contribution in [-0.4, -0.2) is 54.8 Å². The molecule has 0 radical (unpaired) electrons. The fraction of sp³-hybridized carbons (Fsp3) is 0.500. The lowest BCUT2D eigenvalue weighted by molar-refractivity contribution is 0.0938. The van der Waals surface area contributed by atoms with Gasteiger partial charge in [-0.1, -0.05) is 0 Å². The number of aromatic nitrogens is 2. The molecule has 2 aliphatic rings. The van der Waals surface area contributed by atoms with Crippen molar-refractivity contribution in [1.29, 1.82) is 0 Å². The maximum absolute atomic E-state index is 15.1. The number of fused-ring (bicyclic) bond motifs is 2. The SMILES string of the molecule is COCC1CN(c2cc(F)c3c(n2)CCC(NC(=O)c2sc4nc(C)sc4c2N)C3)CC1N. The number of nitrogens with two attached hydrogens (primary N) is 2. The lowest BCUT2D eigenvalue weighted by Gasteiger charge is -2.27. The zero-order valence-corrected chi connectivity index (χ0v) is 20.2. The fourth-order valence-corrected chi connectivity index (χ4v) is 6.83. The molecule has 1 amide bonds. The minimum absolute atomic E-state index is 0.0236. The van der Waals surface area contributed by atoms with E-state index >= 15 is 4.39 Å². The van der Waals surface area contributed by atoms with Gasteiger partial charge in [0.2, 0.25) is 0 Å². The van der Waals surface area contributed by atoms with Crippen LogP contribution in [0.1, 0.15) is 32.4 Å². The van der Waals surface area contributed by atoms with Gasteiger partial charge in [0.25, 0.3) is 5.91 Å². The molecule has 3 unspecified atom stereocenters. The highest BCUT2D eigenvalue weighted by Crippen LogP contribution is 2.37. The van der Waals surface area contributed by atoms with E-state index in [1.165, 1.54) is 28.7 Å². The van der Waals surface area contributed by atoms with Crippen molar-refractivity contribution in [3.8, 4) is 0 Å². The first kappa shape index (κ1) is 22.5. The van der Waals surface area contributed by atoms with Gasteiger partial charge in [-0.2, -0.15) is 0 Å². The zero-order valence-electron chi connectivity index (χ0n) is 18.6. The Bertz CT molecular complexity index is 1210. The van der Waals surface area contributed by atoms with Crippen LogP contribution in [0.5, 0.6) is 0 Å². The number of aryl methyl sites for hydroxylation is 2. The van der Waals surface area contributed by atoms with E-state index in [1.807, 2.05) is 11.8 Å². The molecule has 0 saturated carbocycles. The van der Waals surface area contributed by atoms with Gasteiger partial charge >= 0.3 is 0 Å². The third-order valence-electron chi connectivity index (χ3n) is 6.45. The van der Waals surface area contributed by atoms with Crippen LogP contribution in [0.2, 0.25) is 0 Å². The molecule has 11 heteroatoms. The Morgan fingerprint density at radius 1 is 1.36 bits per heavy atom.